The van der Waals surface area contributed by atoms with Crippen molar-refractivity contribution in [1.82, 2.24) is 19.7 Å². The summed E-state index contributed by atoms with van der Waals surface area (Å²) >= 11 is 6.64. The van der Waals surface area contributed by atoms with Gasteiger partial charge in [0, 0.05) is 17.7 Å². The van der Waals surface area contributed by atoms with Crippen LogP contribution in [0.4, 0.5) is 4.39 Å². The third kappa shape index (κ3) is 3.55. The number of rotatable bonds is 6. The molecule has 0 amide bonds. The number of hydrogen-bond donors (Lipinski definition) is 0. The van der Waals surface area contributed by atoms with E-state index in [1.54, 1.807) is 12.1 Å². The molecular weight excluding hydrogens is 401 g/mol. The zero-order valence-electron chi connectivity index (χ0n) is 16.9. The molecule has 30 heavy (non-hydrogen) atoms. The Morgan fingerprint density at radius 3 is 2.73 bits per heavy atom. The first kappa shape index (κ1) is 19.4. The maximum Gasteiger partial charge on any atom is 0.159 e. The zero-order valence-corrected chi connectivity index (χ0v) is 17.6. The lowest BCUT2D eigenvalue weighted by atomic mass is 10.00. The minimum atomic E-state index is -0.318. The molecule has 1 saturated carbocycles. The summed E-state index contributed by atoms with van der Waals surface area (Å²) in [6, 6.07) is 12.4. The predicted molar refractivity (Wildman–Crippen MR) is 116 cm³/mol. The van der Waals surface area contributed by atoms with E-state index in [2.05, 4.69) is 22.0 Å². The molecule has 1 aliphatic heterocycles. The number of nitrogens with zero attached hydrogens (tertiary/aromatic N) is 5. The van der Waals surface area contributed by atoms with Crippen LogP contribution in [0.25, 0.3) is 5.69 Å². The molecule has 0 unspecified atom stereocenters. The first-order chi connectivity index (χ1) is 14.7. The molecule has 2 aromatic carbocycles. The van der Waals surface area contributed by atoms with Crippen LogP contribution in [0.15, 0.2) is 47.5 Å². The van der Waals surface area contributed by atoms with Gasteiger partial charge in [-0.15, -0.1) is 10.2 Å². The van der Waals surface area contributed by atoms with Gasteiger partial charge in [0.25, 0.3) is 0 Å². The predicted octanol–water partition coefficient (Wildman–Crippen LogP) is 4.64. The number of aliphatic imine (C=N–C) groups is 1. The van der Waals surface area contributed by atoms with Gasteiger partial charge in [-0.1, -0.05) is 36.7 Å². The van der Waals surface area contributed by atoms with Gasteiger partial charge in [0.2, 0.25) is 0 Å². The van der Waals surface area contributed by atoms with Crippen LogP contribution in [0.1, 0.15) is 42.5 Å². The summed E-state index contributed by atoms with van der Waals surface area (Å²) in [7, 11) is 0. The SMILES string of the molecule is CCN(Cc1nnc2n1-c1cccc(Cl)c1C(c1ccccc1F)=NC2)CC1CC1. The van der Waals surface area contributed by atoms with Gasteiger partial charge in [0.1, 0.15) is 12.4 Å². The van der Waals surface area contributed by atoms with Crippen molar-refractivity contribution in [2.75, 3.05) is 13.1 Å². The molecule has 0 bridgehead atoms. The van der Waals surface area contributed by atoms with Crippen molar-refractivity contribution in [1.29, 1.82) is 0 Å². The van der Waals surface area contributed by atoms with E-state index < -0.39 is 0 Å². The summed E-state index contributed by atoms with van der Waals surface area (Å²) in [6.45, 7) is 5.24. The number of hydrogen-bond acceptors (Lipinski definition) is 4. The fraction of sp³-hybridized carbons (Fsp3) is 0.348. The Hall–Kier alpha value is -2.57. The van der Waals surface area contributed by atoms with Crippen LogP contribution in [0.3, 0.4) is 0 Å². The molecule has 0 N–H and O–H groups in total. The highest BCUT2D eigenvalue weighted by Crippen LogP contribution is 2.33. The highest BCUT2D eigenvalue weighted by atomic mass is 35.5. The Bertz CT molecular complexity index is 1120. The fourth-order valence-electron chi connectivity index (χ4n) is 4.04. The van der Waals surface area contributed by atoms with E-state index in [-0.39, 0.29) is 5.82 Å². The molecule has 0 radical (unpaired) electrons. The maximum absolute atomic E-state index is 14.6. The quantitative estimate of drug-likeness (QED) is 0.580. The molecule has 0 spiro atoms. The molecular formula is C23H23ClFN5. The van der Waals surface area contributed by atoms with Crippen LogP contribution in [0, 0.1) is 11.7 Å². The molecule has 5 nitrogen and oxygen atoms in total. The highest BCUT2D eigenvalue weighted by Gasteiger charge is 2.28. The number of halogens is 2. The van der Waals surface area contributed by atoms with Crippen molar-refractivity contribution in [2.24, 2.45) is 10.9 Å². The van der Waals surface area contributed by atoms with Crippen LogP contribution < -0.4 is 0 Å². The topological polar surface area (TPSA) is 46.3 Å². The highest BCUT2D eigenvalue weighted by molar-refractivity contribution is 6.36. The van der Waals surface area contributed by atoms with E-state index in [1.807, 2.05) is 28.8 Å². The van der Waals surface area contributed by atoms with Gasteiger partial charge in [0.15, 0.2) is 11.6 Å². The average molecular weight is 424 g/mol. The van der Waals surface area contributed by atoms with Crippen molar-refractivity contribution < 1.29 is 4.39 Å². The van der Waals surface area contributed by atoms with Crippen molar-refractivity contribution in [3.8, 4) is 5.69 Å². The second-order valence-corrected chi connectivity index (χ2v) is 8.32. The van der Waals surface area contributed by atoms with Crippen LogP contribution >= 0.6 is 11.6 Å². The van der Waals surface area contributed by atoms with E-state index in [0.29, 0.717) is 35.0 Å². The minimum absolute atomic E-state index is 0.316. The van der Waals surface area contributed by atoms with Crippen molar-refractivity contribution in [2.45, 2.75) is 32.9 Å². The van der Waals surface area contributed by atoms with E-state index in [9.17, 15) is 4.39 Å². The summed E-state index contributed by atoms with van der Waals surface area (Å²) in [5.41, 5.74) is 2.56. The number of benzene rings is 2. The van der Waals surface area contributed by atoms with Gasteiger partial charge in [-0.05, 0) is 49.6 Å². The van der Waals surface area contributed by atoms with Gasteiger partial charge in [-0.3, -0.25) is 14.5 Å². The molecule has 0 atom stereocenters. The molecule has 1 aromatic heterocycles. The smallest absolute Gasteiger partial charge is 0.159 e. The first-order valence-corrected chi connectivity index (χ1v) is 10.8. The molecule has 1 aliphatic carbocycles. The molecule has 3 aromatic rings. The Kier molecular flexibility index (Phi) is 5.13. The Labute approximate surface area is 180 Å². The molecule has 7 heteroatoms. The average Bonchev–Trinajstić information content (AvgIpc) is 3.51. The van der Waals surface area contributed by atoms with Crippen molar-refractivity contribution >= 4 is 17.3 Å². The molecule has 5 rings (SSSR count). The zero-order chi connectivity index (χ0) is 20.7. The van der Waals surface area contributed by atoms with Gasteiger partial charge >= 0.3 is 0 Å². The number of fused-ring (bicyclic) bond motifs is 3. The van der Waals surface area contributed by atoms with E-state index in [1.165, 1.54) is 18.9 Å². The van der Waals surface area contributed by atoms with Gasteiger partial charge in [-0.2, -0.15) is 0 Å². The normalized spacial score (nSPS) is 15.5. The van der Waals surface area contributed by atoms with Crippen LogP contribution in [-0.4, -0.2) is 38.5 Å². The second kappa shape index (κ2) is 7.93. The Morgan fingerprint density at radius 2 is 1.97 bits per heavy atom. The molecule has 2 heterocycles. The fourth-order valence-corrected chi connectivity index (χ4v) is 4.30. The summed E-state index contributed by atoms with van der Waals surface area (Å²) in [4.78, 5) is 7.13. The number of aromatic nitrogens is 3. The summed E-state index contributed by atoms with van der Waals surface area (Å²) < 4.78 is 16.7. The summed E-state index contributed by atoms with van der Waals surface area (Å²) in [5, 5.41) is 9.44. The molecule has 0 saturated heterocycles. The monoisotopic (exact) mass is 423 g/mol. The van der Waals surface area contributed by atoms with E-state index in [0.717, 1.165) is 36.3 Å². The standard InChI is InChI=1S/C23H23ClFN5/c1-2-29(13-15-10-11-15)14-21-28-27-20-12-26-23(16-6-3-4-8-18(16)25)22-17(24)7-5-9-19(22)30(20)21/h3-9,15H,2,10-14H2,1H3. The van der Waals surface area contributed by atoms with Gasteiger partial charge < -0.3 is 0 Å². The largest absolute Gasteiger partial charge is 0.296 e. The second-order valence-electron chi connectivity index (χ2n) is 7.92. The third-order valence-corrected chi connectivity index (χ3v) is 6.11. The lowest BCUT2D eigenvalue weighted by Gasteiger charge is -2.21. The summed E-state index contributed by atoms with van der Waals surface area (Å²) in [6.07, 6.45) is 2.62. The third-order valence-electron chi connectivity index (χ3n) is 5.80. The maximum atomic E-state index is 14.6. The molecule has 1 fully saturated rings. The lowest BCUT2D eigenvalue weighted by Crippen LogP contribution is -2.27. The van der Waals surface area contributed by atoms with Crippen LogP contribution in [0.2, 0.25) is 5.02 Å². The van der Waals surface area contributed by atoms with Crippen LogP contribution in [0.5, 0.6) is 0 Å². The first-order valence-electron chi connectivity index (χ1n) is 10.4. The van der Waals surface area contributed by atoms with Crippen molar-refractivity contribution in [3.63, 3.8) is 0 Å². The van der Waals surface area contributed by atoms with Gasteiger partial charge in [-0.25, -0.2) is 4.39 Å². The Balaban J connectivity index is 1.61. The van der Waals surface area contributed by atoms with Gasteiger partial charge in [0.05, 0.1) is 23.0 Å². The van der Waals surface area contributed by atoms with Crippen molar-refractivity contribution in [3.05, 3.63) is 76.1 Å². The van der Waals surface area contributed by atoms with Crippen LogP contribution in [-0.2, 0) is 13.1 Å². The molecule has 154 valence electrons. The minimum Gasteiger partial charge on any atom is -0.296 e. The lowest BCUT2D eigenvalue weighted by molar-refractivity contribution is 0.260. The Morgan fingerprint density at radius 1 is 1.13 bits per heavy atom. The van der Waals surface area contributed by atoms with E-state index >= 15 is 0 Å². The molecule has 2 aliphatic rings. The van der Waals surface area contributed by atoms with E-state index in [4.69, 9.17) is 16.6 Å². The summed E-state index contributed by atoms with van der Waals surface area (Å²) in [5.74, 6) is 2.08.